The molecule has 1 aromatic heterocycles. The fourth-order valence-corrected chi connectivity index (χ4v) is 3.87. The van der Waals surface area contributed by atoms with Crippen LogP contribution in [0.1, 0.15) is 23.5 Å². The lowest BCUT2D eigenvalue weighted by Crippen LogP contribution is -2.42. The summed E-state index contributed by atoms with van der Waals surface area (Å²) >= 11 is 0. The van der Waals surface area contributed by atoms with Crippen molar-refractivity contribution < 1.29 is 14.6 Å². The Balaban J connectivity index is 1.60. The van der Waals surface area contributed by atoms with E-state index < -0.39 is 6.10 Å². The molecule has 4 N–H and O–H groups in total. The van der Waals surface area contributed by atoms with E-state index in [2.05, 4.69) is 21.7 Å². The highest BCUT2D eigenvalue weighted by Gasteiger charge is 2.28. The van der Waals surface area contributed by atoms with E-state index in [0.29, 0.717) is 19.5 Å². The van der Waals surface area contributed by atoms with Gasteiger partial charge in [-0.3, -0.25) is 4.79 Å². The molecule has 4 rings (SSSR count). The third-order valence-corrected chi connectivity index (χ3v) is 5.42. The number of rotatable bonds is 6. The van der Waals surface area contributed by atoms with Crippen LogP contribution in [0.4, 0.5) is 0 Å². The van der Waals surface area contributed by atoms with Crippen molar-refractivity contribution in [2.45, 2.75) is 24.5 Å². The molecule has 1 fully saturated rings. The number of carbonyl (C=O) groups excluding carboxylic acids is 1. The Morgan fingerprint density at radius 2 is 2.04 bits per heavy atom. The van der Waals surface area contributed by atoms with E-state index in [1.54, 1.807) is 7.11 Å². The van der Waals surface area contributed by atoms with Gasteiger partial charge in [-0.05, 0) is 35.7 Å². The van der Waals surface area contributed by atoms with E-state index in [-0.39, 0.29) is 17.9 Å². The summed E-state index contributed by atoms with van der Waals surface area (Å²) in [6.45, 7) is 0.934. The zero-order chi connectivity index (χ0) is 19.5. The Bertz CT molecular complexity index is 951. The van der Waals surface area contributed by atoms with Gasteiger partial charge in [-0.25, -0.2) is 0 Å². The summed E-state index contributed by atoms with van der Waals surface area (Å²) in [6, 6.07) is 15.8. The molecule has 0 bridgehead atoms. The molecule has 0 spiro atoms. The number of benzene rings is 2. The number of β-amino-alcohol motifs (C(OH)–C–C–N with tert-alkyl or cyclic N) is 1. The molecule has 1 aliphatic rings. The third kappa shape index (κ3) is 3.74. The number of nitrogens with one attached hydrogen (secondary N) is 3. The number of para-hydroxylation sites is 1. The molecule has 6 heteroatoms. The molecule has 0 aliphatic carbocycles. The van der Waals surface area contributed by atoms with Gasteiger partial charge < -0.3 is 25.5 Å². The minimum absolute atomic E-state index is 0.00247. The summed E-state index contributed by atoms with van der Waals surface area (Å²) in [6.07, 6.45) is 2.01. The summed E-state index contributed by atoms with van der Waals surface area (Å²) in [5, 5.41) is 16.9. The predicted molar refractivity (Wildman–Crippen MR) is 109 cm³/mol. The van der Waals surface area contributed by atoms with Crippen LogP contribution in [0.5, 0.6) is 5.75 Å². The Morgan fingerprint density at radius 1 is 1.25 bits per heavy atom. The van der Waals surface area contributed by atoms with Crippen LogP contribution in [0, 0.1) is 0 Å². The van der Waals surface area contributed by atoms with Crippen LogP contribution < -0.4 is 15.4 Å². The Labute approximate surface area is 163 Å². The van der Waals surface area contributed by atoms with Crippen molar-refractivity contribution in [3.05, 3.63) is 65.9 Å². The monoisotopic (exact) mass is 379 g/mol. The first-order chi connectivity index (χ1) is 13.7. The zero-order valence-corrected chi connectivity index (χ0v) is 15.8. The first-order valence-electron chi connectivity index (χ1n) is 9.55. The normalized spacial score (nSPS) is 20.2. The van der Waals surface area contributed by atoms with E-state index in [1.807, 2.05) is 48.7 Å². The molecular weight excluding hydrogens is 354 g/mol. The van der Waals surface area contributed by atoms with Crippen LogP contribution in [0.3, 0.4) is 0 Å². The molecule has 146 valence electrons. The summed E-state index contributed by atoms with van der Waals surface area (Å²) in [5.74, 6) is 0.724. The van der Waals surface area contributed by atoms with Crippen molar-refractivity contribution in [1.82, 2.24) is 15.6 Å². The Morgan fingerprint density at radius 3 is 2.75 bits per heavy atom. The molecule has 3 atom stereocenters. The average Bonchev–Trinajstić information content (AvgIpc) is 3.35. The molecule has 0 saturated carbocycles. The number of hydrogen-bond donors (Lipinski definition) is 4. The van der Waals surface area contributed by atoms with Gasteiger partial charge in [0.1, 0.15) is 5.75 Å². The van der Waals surface area contributed by atoms with Gasteiger partial charge >= 0.3 is 0 Å². The van der Waals surface area contributed by atoms with Crippen molar-refractivity contribution >= 4 is 16.8 Å². The van der Waals surface area contributed by atoms with Gasteiger partial charge in [-0.1, -0.05) is 30.3 Å². The van der Waals surface area contributed by atoms with E-state index in [0.717, 1.165) is 27.8 Å². The molecule has 1 amide bonds. The standard InChI is InChI=1S/C22H25N3O3/c1-28-16-8-6-14(7-9-16)18(12-25-22(27)21-10-15(26)11-23-21)19-13-24-20-5-3-2-4-17(19)20/h2-9,13,15,18,21,23-24,26H,10-12H2,1H3,(H,25,27)/t15-,18-,21-/m0/s1. The van der Waals surface area contributed by atoms with E-state index in [9.17, 15) is 9.90 Å². The first-order valence-corrected chi connectivity index (χ1v) is 9.55. The lowest BCUT2D eigenvalue weighted by atomic mass is 9.90. The Hall–Kier alpha value is -2.83. The number of methoxy groups -OCH3 is 1. The first kappa shape index (κ1) is 18.5. The van der Waals surface area contributed by atoms with Gasteiger partial charge in [-0.15, -0.1) is 0 Å². The molecule has 3 aromatic rings. The van der Waals surface area contributed by atoms with Crippen molar-refractivity contribution in [2.24, 2.45) is 0 Å². The maximum absolute atomic E-state index is 12.5. The number of aromatic amines is 1. The second kappa shape index (κ2) is 8.04. The maximum atomic E-state index is 12.5. The van der Waals surface area contributed by atoms with E-state index >= 15 is 0 Å². The number of H-pyrrole nitrogens is 1. The van der Waals surface area contributed by atoms with Crippen molar-refractivity contribution in [3.8, 4) is 5.75 Å². The topological polar surface area (TPSA) is 86.4 Å². The highest BCUT2D eigenvalue weighted by atomic mass is 16.5. The summed E-state index contributed by atoms with van der Waals surface area (Å²) in [4.78, 5) is 15.9. The van der Waals surface area contributed by atoms with Crippen LogP contribution >= 0.6 is 0 Å². The largest absolute Gasteiger partial charge is 0.497 e. The Kier molecular flexibility index (Phi) is 5.32. The molecule has 0 radical (unpaired) electrons. The molecule has 6 nitrogen and oxygen atoms in total. The molecule has 0 unspecified atom stereocenters. The number of amides is 1. The highest BCUT2D eigenvalue weighted by Crippen LogP contribution is 2.31. The lowest BCUT2D eigenvalue weighted by Gasteiger charge is -2.20. The summed E-state index contributed by atoms with van der Waals surface area (Å²) in [5.41, 5.74) is 3.31. The van der Waals surface area contributed by atoms with E-state index in [4.69, 9.17) is 4.74 Å². The SMILES string of the molecule is COc1ccc([C@H](CNC(=O)[C@@H]2C[C@H](O)CN2)c2c[nH]c3ccccc23)cc1. The number of ether oxygens (including phenoxy) is 1. The quantitative estimate of drug-likeness (QED) is 0.529. The second-order valence-electron chi connectivity index (χ2n) is 7.21. The van der Waals surface area contributed by atoms with Crippen LogP contribution in [0.25, 0.3) is 10.9 Å². The van der Waals surface area contributed by atoms with Gasteiger partial charge in [0, 0.05) is 36.1 Å². The zero-order valence-electron chi connectivity index (χ0n) is 15.8. The molecular formula is C22H25N3O3. The second-order valence-corrected chi connectivity index (χ2v) is 7.21. The molecule has 28 heavy (non-hydrogen) atoms. The van der Waals surface area contributed by atoms with Crippen LogP contribution in [0.2, 0.25) is 0 Å². The number of aromatic nitrogens is 1. The van der Waals surface area contributed by atoms with Crippen LogP contribution in [-0.4, -0.2) is 48.3 Å². The van der Waals surface area contributed by atoms with Crippen molar-refractivity contribution in [3.63, 3.8) is 0 Å². The van der Waals surface area contributed by atoms with Gasteiger partial charge in [-0.2, -0.15) is 0 Å². The highest BCUT2D eigenvalue weighted by molar-refractivity contribution is 5.85. The number of hydrogen-bond acceptors (Lipinski definition) is 4. The number of aliphatic hydroxyl groups excluding tert-OH is 1. The van der Waals surface area contributed by atoms with Crippen molar-refractivity contribution in [2.75, 3.05) is 20.2 Å². The number of carbonyl (C=O) groups is 1. The summed E-state index contributed by atoms with van der Waals surface area (Å²) in [7, 11) is 1.65. The minimum Gasteiger partial charge on any atom is -0.497 e. The molecule has 1 aliphatic heterocycles. The van der Waals surface area contributed by atoms with Gasteiger partial charge in [0.25, 0.3) is 0 Å². The van der Waals surface area contributed by atoms with Gasteiger partial charge in [0.2, 0.25) is 5.91 Å². The maximum Gasteiger partial charge on any atom is 0.237 e. The molecule has 1 saturated heterocycles. The van der Waals surface area contributed by atoms with Crippen LogP contribution in [-0.2, 0) is 4.79 Å². The van der Waals surface area contributed by atoms with Crippen LogP contribution in [0.15, 0.2) is 54.7 Å². The summed E-state index contributed by atoms with van der Waals surface area (Å²) < 4.78 is 5.28. The van der Waals surface area contributed by atoms with Gasteiger partial charge in [0.15, 0.2) is 0 Å². The minimum atomic E-state index is -0.457. The smallest absolute Gasteiger partial charge is 0.237 e. The van der Waals surface area contributed by atoms with Gasteiger partial charge in [0.05, 0.1) is 19.3 Å². The third-order valence-electron chi connectivity index (χ3n) is 5.42. The average molecular weight is 379 g/mol. The van der Waals surface area contributed by atoms with Crippen molar-refractivity contribution in [1.29, 1.82) is 0 Å². The molecule has 2 aromatic carbocycles. The fourth-order valence-electron chi connectivity index (χ4n) is 3.87. The lowest BCUT2D eigenvalue weighted by molar-refractivity contribution is -0.122. The molecule has 2 heterocycles. The number of aliphatic hydroxyl groups is 1. The fraction of sp³-hybridized carbons (Fsp3) is 0.318. The van der Waals surface area contributed by atoms with E-state index in [1.165, 1.54) is 0 Å². The number of fused-ring (bicyclic) bond motifs is 1. The predicted octanol–water partition coefficient (Wildman–Crippen LogP) is 2.15.